The number of ether oxygens (including phenoxy) is 2. The number of benzene rings is 2. The van der Waals surface area contributed by atoms with Gasteiger partial charge in [-0.3, -0.25) is 0 Å². The van der Waals surface area contributed by atoms with Gasteiger partial charge in [0.2, 0.25) is 5.95 Å². The van der Waals surface area contributed by atoms with E-state index in [1.807, 2.05) is 48.5 Å². The number of nitrogens with one attached hydrogen (secondary N) is 1. The SMILES string of the molecule is COc1ccc(Nc2cc(-c3ccccc3)nc(N3CCOCC3)n2)cc1. The Bertz CT molecular complexity index is 878. The van der Waals surface area contributed by atoms with Crippen molar-refractivity contribution in [2.75, 3.05) is 43.6 Å². The third-order valence-corrected chi connectivity index (χ3v) is 4.44. The van der Waals surface area contributed by atoms with Crippen molar-refractivity contribution in [3.05, 3.63) is 60.7 Å². The normalized spacial score (nSPS) is 14.0. The van der Waals surface area contributed by atoms with Crippen molar-refractivity contribution in [2.24, 2.45) is 0 Å². The largest absolute Gasteiger partial charge is 0.497 e. The molecule has 1 fully saturated rings. The van der Waals surface area contributed by atoms with E-state index in [2.05, 4.69) is 22.3 Å². The maximum absolute atomic E-state index is 5.46. The Labute approximate surface area is 158 Å². The average molecular weight is 362 g/mol. The highest BCUT2D eigenvalue weighted by atomic mass is 16.5. The molecule has 0 unspecified atom stereocenters. The molecule has 0 saturated carbocycles. The molecule has 2 heterocycles. The molecule has 138 valence electrons. The molecule has 6 heteroatoms. The minimum Gasteiger partial charge on any atom is -0.497 e. The van der Waals surface area contributed by atoms with Gasteiger partial charge in [-0.05, 0) is 24.3 Å². The van der Waals surface area contributed by atoms with E-state index in [0.717, 1.165) is 47.5 Å². The van der Waals surface area contributed by atoms with Crippen LogP contribution < -0.4 is 15.0 Å². The molecule has 6 nitrogen and oxygen atoms in total. The van der Waals surface area contributed by atoms with E-state index in [-0.39, 0.29) is 0 Å². The molecule has 0 atom stereocenters. The number of rotatable bonds is 5. The molecule has 1 saturated heterocycles. The zero-order valence-electron chi connectivity index (χ0n) is 15.3. The predicted molar refractivity (Wildman–Crippen MR) is 107 cm³/mol. The van der Waals surface area contributed by atoms with Crippen LogP contribution in [0.3, 0.4) is 0 Å². The van der Waals surface area contributed by atoms with Gasteiger partial charge >= 0.3 is 0 Å². The fourth-order valence-corrected chi connectivity index (χ4v) is 2.98. The lowest BCUT2D eigenvalue weighted by atomic mass is 10.1. The number of nitrogens with zero attached hydrogens (tertiary/aromatic N) is 3. The van der Waals surface area contributed by atoms with Crippen molar-refractivity contribution < 1.29 is 9.47 Å². The van der Waals surface area contributed by atoms with Gasteiger partial charge in [-0.15, -0.1) is 0 Å². The van der Waals surface area contributed by atoms with Gasteiger partial charge in [-0.1, -0.05) is 30.3 Å². The van der Waals surface area contributed by atoms with Crippen LogP contribution in [0, 0.1) is 0 Å². The minimum absolute atomic E-state index is 0.695. The Hall–Kier alpha value is -3.12. The molecule has 1 aliphatic heterocycles. The lowest BCUT2D eigenvalue weighted by Gasteiger charge is -2.27. The van der Waals surface area contributed by atoms with Crippen LogP contribution in [0.2, 0.25) is 0 Å². The second kappa shape index (κ2) is 8.05. The molecule has 1 aliphatic rings. The van der Waals surface area contributed by atoms with Crippen LogP contribution in [-0.4, -0.2) is 43.4 Å². The molecule has 4 rings (SSSR count). The lowest BCUT2D eigenvalue weighted by molar-refractivity contribution is 0.122. The van der Waals surface area contributed by atoms with Crippen molar-refractivity contribution in [3.63, 3.8) is 0 Å². The van der Waals surface area contributed by atoms with Crippen LogP contribution in [0.15, 0.2) is 60.7 Å². The number of morpholine rings is 1. The van der Waals surface area contributed by atoms with Crippen molar-refractivity contribution in [2.45, 2.75) is 0 Å². The summed E-state index contributed by atoms with van der Waals surface area (Å²) in [5, 5.41) is 3.38. The van der Waals surface area contributed by atoms with Crippen LogP contribution in [0.5, 0.6) is 5.75 Å². The molecular weight excluding hydrogens is 340 g/mol. The van der Waals surface area contributed by atoms with Crippen LogP contribution in [0.1, 0.15) is 0 Å². The Morgan fingerprint density at radius 2 is 1.70 bits per heavy atom. The average Bonchev–Trinajstić information content (AvgIpc) is 2.75. The van der Waals surface area contributed by atoms with E-state index < -0.39 is 0 Å². The van der Waals surface area contributed by atoms with Crippen molar-refractivity contribution in [1.29, 1.82) is 0 Å². The first kappa shape index (κ1) is 17.3. The topological polar surface area (TPSA) is 59.5 Å². The summed E-state index contributed by atoms with van der Waals surface area (Å²) in [6.45, 7) is 2.97. The number of aromatic nitrogens is 2. The van der Waals surface area contributed by atoms with Gasteiger partial charge in [-0.2, -0.15) is 4.98 Å². The van der Waals surface area contributed by atoms with Gasteiger partial charge in [0, 0.05) is 30.4 Å². The third-order valence-electron chi connectivity index (χ3n) is 4.44. The minimum atomic E-state index is 0.695. The molecule has 0 radical (unpaired) electrons. The summed E-state index contributed by atoms with van der Waals surface area (Å²) >= 11 is 0. The van der Waals surface area contributed by atoms with Crippen LogP contribution >= 0.6 is 0 Å². The summed E-state index contributed by atoms with van der Waals surface area (Å²) in [5.41, 5.74) is 2.90. The van der Waals surface area contributed by atoms with Gasteiger partial charge in [0.25, 0.3) is 0 Å². The molecular formula is C21H22N4O2. The summed E-state index contributed by atoms with van der Waals surface area (Å²) in [4.78, 5) is 11.7. The molecule has 1 aromatic heterocycles. The van der Waals surface area contributed by atoms with Gasteiger partial charge in [-0.25, -0.2) is 4.98 Å². The quantitative estimate of drug-likeness (QED) is 0.746. The van der Waals surface area contributed by atoms with E-state index in [1.165, 1.54) is 0 Å². The molecule has 0 bridgehead atoms. The van der Waals surface area contributed by atoms with E-state index in [4.69, 9.17) is 19.4 Å². The Morgan fingerprint density at radius 3 is 2.41 bits per heavy atom. The standard InChI is InChI=1S/C21H22N4O2/c1-26-18-9-7-17(8-10-18)22-20-15-19(16-5-3-2-4-6-16)23-21(24-20)25-11-13-27-14-12-25/h2-10,15H,11-14H2,1H3,(H,22,23,24). The second-order valence-electron chi connectivity index (χ2n) is 6.26. The zero-order valence-corrected chi connectivity index (χ0v) is 15.3. The monoisotopic (exact) mass is 362 g/mol. The molecule has 27 heavy (non-hydrogen) atoms. The fourth-order valence-electron chi connectivity index (χ4n) is 2.98. The molecule has 2 aromatic carbocycles. The van der Waals surface area contributed by atoms with Gasteiger partial charge in [0.05, 0.1) is 26.0 Å². The maximum Gasteiger partial charge on any atom is 0.228 e. The summed E-state index contributed by atoms with van der Waals surface area (Å²) in [6.07, 6.45) is 0. The molecule has 0 aliphatic carbocycles. The highest BCUT2D eigenvalue weighted by Gasteiger charge is 2.16. The first-order chi connectivity index (χ1) is 13.3. The summed E-state index contributed by atoms with van der Waals surface area (Å²) in [6, 6.07) is 19.9. The zero-order chi connectivity index (χ0) is 18.5. The molecule has 3 aromatic rings. The number of hydrogen-bond donors (Lipinski definition) is 1. The predicted octanol–water partition coefficient (Wildman–Crippen LogP) is 3.73. The number of hydrogen-bond acceptors (Lipinski definition) is 6. The highest BCUT2D eigenvalue weighted by Crippen LogP contribution is 2.26. The summed E-state index contributed by atoms with van der Waals surface area (Å²) in [5.74, 6) is 2.30. The summed E-state index contributed by atoms with van der Waals surface area (Å²) < 4.78 is 10.7. The van der Waals surface area contributed by atoms with Crippen molar-refractivity contribution in [1.82, 2.24) is 9.97 Å². The second-order valence-corrected chi connectivity index (χ2v) is 6.26. The summed E-state index contributed by atoms with van der Waals surface area (Å²) in [7, 11) is 1.66. The van der Waals surface area contributed by atoms with E-state index in [9.17, 15) is 0 Å². The van der Waals surface area contributed by atoms with Crippen molar-refractivity contribution in [3.8, 4) is 17.0 Å². The third kappa shape index (κ3) is 4.17. The van der Waals surface area contributed by atoms with Crippen LogP contribution in [-0.2, 0) is 4.74 Å². The van der Waals surface area contributed by atoms with Gasteiger partial charge < -0.3 is 19.7 Å². The molecule has 0 spiro atoms. The van der Waals surface area contributed by atoms with E-state index >= 15 is 0 Å². The van der Waals surface area contributed by atoms with Gasteiger partial charge in [0.15, 0.2) is 0 Å². The first-order valence-corrected chi connectivity index (χ1v) is 9.00. The van der Waals surface area contributed by atoms with Crippen LogP contribution in [0.25, 0.3) is 11.3 Å². The van der Waals surface area contributed by atoms with E-state index in [0.29, 0.717) is 13.2 Å². The number of methoxy groups -OCH3 is 1. The number of anilines is 3. The smallest absolute Gasteiger partial charge is 0.228 e. The highest BCUT2D eigenvalue weighted by molar-refractivity contribution is 5.67. The molecule has 0 amide bonds. The Morgan fingerprint density at radius 1 is 0.963 bits per heavy atom. The van der Waals surface area contributed by atoms with E-state index in [1.54, 1.807) is 7.11 Å². The lowest BCUT2D eigenvalue weighted by Crippen LogP contribution is -2.37. The van der Waals surface area contributed by atoms with Crippen molar-refractivity contribution >= 4 is 17.5 Å². The molecule has 1 N–H and O–H groups in total. The van der Waals surface area contributed by atoms with Crippen LogP contribution in [0.4, 0.5) is 17.5 Å². The van der Waals surface area contributed by atoms with Gasteiger partial charge in [0.1, 0.15) is 11.6 Å². The maximum atomic E-state index is 5.46. The Balaban J connectivity index is 1.68. The first-order valence-electron chi connectivity index (χ1n) is 9.00. The fraction of sp³-hybridized carbons (Fsp3) is 0.238. The Kier molecular flexibility index (Phi) is 5.16.